The smallest absolute Gasteiger partial charge is 0.160 e. The molecular weight excluding hydrogens is 216 g/mol. The van der Waals surface area contributed by atoms with Crippen molar-refractivity contribution in [2.75, 3.05) is 19.8 Å². The van der Waals surface area contributed by atoms with Gasteiger partial charge in [0.1, 0.15) is 6.10 Å². The van der Waals surface area contributed by atoms with Gasteiger partial charge in [-0.1, -0.05) is 0 Å². The Morgan fingerprint density at radius 2 is 2.33 bits per heavy atom. The van der Waals surface area contributed by atoms with E-state index in [1.807, 2.05) is 13.0 Å². The van der Waals surface area contributed by atoms with Crippen LogP contribution in [0.5, 0.6) is 0 Å². The van der Waals surface area contributed by atoms with Gasteiger partial charge < -0.3 is 9.47 Å². The standard InChI is InChI=1S/C10H13ClN2O2/c1-7-4-8(5-11)13-10(12-7)9-6-14-2-3-15-9/h4,9H,2-3,5-6H2,1H3. The third-order valence-corrected chi connectivity index (χ3v) is 2.44. The largest absolute Gasteiger partial charge is 0.376 e. The Morgan fingerprint density at radius 1 is 1.47 bits per heavy atom. The molecule has 82 valence electrons. The summed E-state index contributed by atoms with van der Waals surface area (Å²) in [6, 6.07) is 1.88. The number of alkyl halides is 1. The molecule has 0 aliphatic carbocycles. The van der Waals surface area contributed by atoms with Crippen molar-refractivity contribution in [1.82, 2.24) is 9.97 Å². The van der Waals surface area contributed by atoms with E-state index in [1.54, 1.807) is 0 Å². The fourth-order valence-electron chi connectivity index (χ4n) is 1.51. The van der Waals surface area contributed by atoms with Crippen molar-refractivity contribution in [1.29, 1.82) is 0 Å². The van der Waals surface area contributed by atoms with Crippen LogP contribution in [0.15, 0.2) is 6.07 Å². The van der Waals surface area contributed by atoms with E-state index in [2.05, 4.69) is 9.97 Å². The van der Waals surface area contributed by atoms with Crippen molar-refractivity contribution >= 4 is 11.6 Å². The van der Waals surface area contributed by atoms with Crippen molar-refractivity contribution in [3.8, 4) is 0 Å². The highest BCUT2D eigenvalue weighted by atomic mass is 35.5. The van der Waals surface area contributed by atoms with Crippen LogP contribution in [0.25, 0.3) is 0 Å². The molecule has 5 heteroatoms. The van der Waals surface area contributed by atoms with E-state index in [0.29, 0.717) is 31.5 Å². The number of rotatable bonds is 2. The Balaban J connectivity index is 2.22. The predicted octanol–water partition coefficient (Wildman–Crippen LogP) is 1.61. The lowest BCUT2D eigenvalue weighted by Crippen LogP contribution is -2.24. The first-order chi connectivity index (χ1) is 7.29. The average molecular weight is 229 g/mol. The van der Waals surface area contributed by atoms with Gasteiger partial charge in [-0.15, -0.1) is 11.6 Å². The van der Waals surface area contributed by atoms with Crippen LogP contribution < -0.4 is 0 Å². The summed E-state index contributed by atoms with van der Waals surface area (Å²) in [4.78, 5) is 8.66. The summed E-state index contributed by atoms with van der Waals surface area (Å²) >= 11 is 5.75. The predicted molar refractivity (Wildman–Crippen MR) is 55.8 cm³/mol. The highest BCUT2D eigenvalue weighted by Gasteiger charge is 2.20. The maximum absolute atomic E-state index is 5.75. The number of nitrogens with zero attached hydrogens (tertiary/aromatic N) is 2. The van der Waals surface area contributed by atoms with Gasteiger partial charge in [0.05, 0.1) is 31.4 Å². The Morgan fingerprint density at radius 3 is 3.00 bits per heavy atom. The quantitative estimate of drug-likeness (QED) is 0.722. The van der Waals surface area contributed by atoms with Crippen LogP contribution in [0.2, 0.25) is 0 Å². The van der Waals surface area contributed by atoms with Crippen LogP contribution in [0.4, 0.5) is 0 Å². The molecule has 0 amide bonds. The molecule has 1 aliphatic heterocycles. The number of ether oxygens (including phenoxy) is 2. The van der Waals surface area contributed by atoms with Crippen LogP contribution >= 0.6 is 11.6 Å². The van der Waals surface area contributed by atoms with Crippen molar-refractivity contribution in [2.45, 2.75) is 18.9 Å². The molecule has 0 aromatic carbocycles. The summed E-state index contributed by atoms with van der Waals surface area (Å²) < 4.78 is 10.8. The number of hydrogen-bond donors (Lipinski definition) is 0. The highest BCUT2D eigenvalue weighted by molar-refractivity contribution is 6.16. The molecule has 15 heavy (non-hydrogen) atoms. The maximum Gasteiger partial charge on any atom is 0.160 e. The minimum Gasteiger partial charge on any atom is -0.376 e. The molecule has 4 nitrogen and oxygen atoms in total. The molecule has 1 atom stereocenters. The SMILES string of the molecule is Cc1cc(CCl)nc(C2COCCO2)n1. The monoisotopic (exact) mass is 228 g/mol. The van der Waals surface area contributed by atoms with E-state index in [9.17, 15) is 0 Å². The summed E-state index contributed by atoms with van der Waals surface area (Å²) in [5.41, 5.74) is 1.73. The van der Waals surface area contributed by atoms with Crippen molar-refractivity contribution in [3.63, 3.8) is 0 Å². The third kappa shape index (κ3) is 2.65. The summed E-state index contributed by atoms with van der Waals surface area (Å²) in [6.07, 6.45) is -0.152. The minimum absolute atomic E-state index is 0.152. The molecule has 0 saturated carbocycles. The average Bonchev–Trinajstić information content (AvgIpc) is 2.29. The van der Waals surface area contributed by atoms with Gasteiger partial charge >= 0.3 is 0 Å². The molecule has 0 N–H and O–H groups in total. The normalized spacial score (nSPS) is 21.6. The van der Waals surface area contributed by atoms with Crippen LogP contribution in [0.3, 0.4) is 0 Å². The fraction of sp³-hybridized carbons (Fsp3) is 0.600. The number of hydrogen-bond acceptors (Lipinski definition) is 4. The van der Waals surface area contributed by atoms with Crippen LogP contribution in [-0.2, 0) is 15.4 Å². The van der Waals surface area contributed by atoms with Crippen LogP contribution in [0.1, 0.15) is 23.3 Å². The lowest BCUT2D eigenvalue weighted by Gasteiger charge is -2.22. The zero-order chi connectivity index (χ0) is 10.7. The lowest BCUT2D eigenvalue weighted by atomic mass is 10.3. The number of halogens is 1. The Kier molecular flexibility index (Phi) is 3.51. The van der Waals surface area contributed by atoms with Gasteiger partial charge in [-0.25, -0.2) is 9.97 Å². The van der Waals surface area contributed by atoms with Crippen molar-refractivity contribution in [2.24, 2.45) is 0 Å². The molecule has 1 aromatic heterocycles. The second-order valence-electron chi connectivity index (χ2n) is 3.43. The molecular formula is C10H13ClN2O2. The second-order valence-corrected chi connectivity index (χ2v) is 3.69. The first-order valence-corrected chi connectivity index (χ1v) is 5.43. The Labute approximate surface area is 93.6 Å². The molecule has 0 radical (unpaired) electrons. The van der Waals surface area contributed by atoms with E-state index in [-0.39, 0.29) is 6.10 Å². The van der Waals surface area contributed by atoms with Gasteiger partial charge in [0.25, 0.3) is 0 Å². The fourth-order valence-corrected chi connectivity index (χ4v) is 1.64. The number of aryl methyl sites for hydroxylation is 1. The molecule has 1 fully saturated rings. The summed E-state index contributed by atoms with van der Waals surface area (Å²) in [5.74, 6) is 1.06. The van der Waals surface area contributed by atoms with Crippen molar-refractivity contribution in [3.05, 3.63) is 23.3 Å². The second kappa shape index (κ2) is 4.88. The molecule has 0 spiro atoms. The first kappa shape index (κ1) is 10.8. The number of aromatic nitrogens is 2. The molecule has 2 heterocycles. The maximum atomic E-state index is 5.75. The van der Waals surface area contributed by atoms with Gasteiger partial charge in [0.2, 0.25) is 0 Å². The van der Waals surface area contributed by atoms with Crippen molar-refractivity contribution < 1.29 is 9.47 Å². The Hall–Kier alpha value is -0.710. The highest BCUT2D eigenvalue weighted by Crippen LogP contribution is 2.18. The van der Waals surface area contributed by atoms with Crippen LogP contribution in [-0.4, -0.2) is 29.8 Å². The van der Waals surface area contributed by atoms with Gasteiger partial charge in [0, 0.05) is 5.69 Å². The van der Waals surface area contributed by atoms with E-state index < -0.39 is 0 Å². The van der Waals surface area contributed by atoms with Crippen LogP contribution in [0, 0.1) is 6.92 Å². The summed E-state index contributed by atoms with van der Waals surface area (Å²) in [6.45, 7) is 3.68. The zero-order valence-electron chi connectivity index (χ0n) is 8.57. The summed E-state index contributed by atoms with van der Waals surface area (Å²) in [7, 11) is 0. The van der Waals surface area contributed by atoms with E-state index >= 15 is 0 Å². The topological polar surface area (TPSA) is 44.2 Å². The lowest BCUT2D eigenvalue weighted by molar-refractivity contribution is -0.0936. The molecule has 1 unspecified atom stereocenters. The third-order valence-electron chi connectivity index (χ3n) is 2.17. The van der Waals surface area contributed by atoms with Gasteiger partial charge in [0.15, 0.2) is 5.82 Å². The molecule has 0 bridgehead atoms. The molecule has 1 saturated heterocycles. The minimum atomic E-state index is -0.152. The summed E-state index contributed by atoms with van der Waals surface area (Å²) in [5, 5.41) is 0. The van der Waals surface area contributed by atoms with E-state index in [4.69, 9.17) is 21.1 Å². The molecule has 1 aromatic rings. The van der Waals surface area contributed by atoms with Gasteiger partial charge in [-0.3, -0.25) is 0 Å². The first-order valence-electron chi connectivity index (χ1n) is 4.89. The molecule has 1 aliphatic rings. The zero-order valence-corrected chi connectivity index (χ0v) is 9.33. The van der Waals surface area contributed by atoms with E-state index in [0.717, 1.165) is 11.4 Å². The molecule has 2 rings (SSSR count). The van der Waals surface area contributed by atoms with Gasteiger partial charge in [-0.05, 0) is 13.0 Å². The van der Waals surface area contributed by atoms with Gasteiger partial charge in [-0.2, -0.15) is 0 Å². The van der Waals surface area contributed by atoms with E-state index in [1.165, 1.54) is 0 Å². The Bertz CT molecular complexity index is 340.